The Kier molecular flexibility index (Phi) is 7.26. The van der Waals surface area contributed by atoms with Crippen molar-refractivity contribution in [2.45, 2.75) is 5.41 Å². The van der Waals surface area contributed by atoms with Crippen LogP contribution in [0.4, 0.5) is 17.1 Å². The summed E-state index contributed by atoms with van der Waals surface area (Å²) in [4.78, 5) is 2.42. The first-order chi connectivity index (χ1) is 30.3. The third-order valence-electron chi connectivity index (χ3n) is 13.3. The number of benzene rings is 10. The van der Waals surface area contributed by atoms with E-state index in [2.05, 4.69) is 223 Å². The summed E-state index contributed by atoms with van der Waals surface area (Å²) in [5.41, 5.74) is 19.8. The van der Waals surface area contributed by atoms with E-state index in [4.69, 9.17) is 4.74 Å². The topological polar surface area (TPSA) is 12.5 Å². The molecular formula is C59H37NO. The normalized spacial score (nSPS) is 14.8. The molecule has 3 aliphatic rings. The third-order valence-corrected chi connectivity index (χ3v) is 13.3. The Hall–Kier alpha value is -7.94. The lowest BCUT2D eigenvalue weighted by Crippen LogP contribution is -2.29. The molecule has 2 aliphatic carbocycles. The summed E-state index contributed by atoms with van der Waals surface area (Å²) >= 11 is 0. The maximum absolute atomic E-state index is 6.73. The van der Waals surface area contributed by atoms with Crippen LogP contribution in [-0.4, -0.2) is 0 Å². The highest BCUT2D eigenvalue weighted by molar-refractivity contribution is 6.06. The molecule has 0 fully saturated rings. The van der Waals surface area contributed by atoms with Crippen LogP contribution < -0.4 is 9.64 Å². The minimum absolute atomic E-state index is 0.619. The zero-order valence-corrected chi connectivity index (χ0v) is 33.2. The van der Waals surface area contributed by atoms with Gasteiger partial charge in [-0.05, 0) is 126 Å². The van der Waals surface area contributed by atoms with Gasteiger partial charge in [-0.15, -0.1) is 0 Å². The van der Waals surface area contributed by atoms with Gasteiger partial charge in [-0.1, -0.05) is 176 Å². The van der Waals surface area contributed by atoms with Crippen molar-refractivity contribution in [1.82, 2.24) is 0 Å². The standard InChI is InChI=1S/C59H37NO/c1-2-17-39(18-3-1)60(40-32-35-57-51(36-40)46-23-9-8-22-45(46)49-25-12-15-29-56(49)61-57)41-31-33-48-44-21-7-6-20-43(44)47-24-10-13-27-52(47)59(55(48)37-41)53-28-14-11-26-50(53)58-42-19-5-4-16-38(42)30-34-54(58)59/h1-37H. The monoisotopic (exact) mass is 775 g/mol. The first-order valence-electron chi connectivity index (χ1n) is 21.1. The van der Waals surface area contributed by atoms with E-state index in [0.29, 0.717) is 0 Å². The quantitative estimate of drug-likeness (QED) is 0.177. The average Bonchev–Trinajstić information content (AvgIpc) is 3.49. The predicted molar refractivity (Wildman–Crippen MR) is 251 cm³/mol. The summed E-state index contributed by atoms with van der Waals surface area (Å²) < 4.78 is 6.73. The lowest BCUT2D eigenvalue weighted by molar-refractivity contribution is 0.488. The first kappa shape index (κ1) is 34.0. The average molecular weight is 776 g/mol. The van der Waals surface area contributed by atoms with Gasteiger partial charge >= 0.3 is 0 Å². The van der Waals surface area contributed by atoms with Crippen LogP contribution in [0, 0.1) is 0 Å². The number of anilines is 3. The molecule has 61 heavy (non-hydrogen) atoms. The van der Waals surface area contributed by atoms with Gasteiger partial charge in [0.1, 0.15) is 11.5 Å². The van der Waals surface area contributed by atoms with E-state index in [1.165, 1.54) is 66.4 Å². The molecule has 0 radical (unpaired) electrons. The molecule has 0 amide bonds. The summed E-state index contributed by atoms with van der Waals surface area (Å²) in [7, 11) is 0. The Morgan fingerprint density at radius 1 is 0.295 bits per heavy atom. The van der Waals surface area contributed by atoms with Crippen LogP contribution in [0.2, 0.25) is 0 Å². The summed E-state index contributed by atoms with van der Waals surface area (Å²) in [6.07, 6.45) is 0. The molecule has 0 N–H and O–H groups in total. The molecule has 1 heterocycles. The zero-order valence-electron chi connectivity index (χ0n) is 33.2. The van der Waals surface area contributed by atoms with Crippen LogP contribution in [0.5, 0.6) is 11.5 Å². The van der Waals surface area contributed by atoms with Crippen molar-refractivity contribution >= 4 is 27.8 Å². The molecule has 13 rings (SSSR count). The second kappa shape index (κ2) is 13.0. The van der Waals surface area contributed by atoms with Crippen LogP contribution in [0.25, 0.3) is 66.4 Å². The van der Waals surface area contributed by atoms with Gasteiger partial charge in [0.2, 0.25) is 0 Å². The van der Waals surface area contributed by atoms with E-state index in [1.54, 1.807) is 0 Å². The fourth-order valence-corrected chi connectivity index (χ4v) is 10.8. The smallest absolute Gasteiger partial charge is 0.135 e. The third kappa shape index (κ3) is 4.79. The first-order valence-corrected chi connectivity index (χ1v) is 21.1. The van der Waals surface area contributed by atoms with Crippen molar-refractivity contribution in [3.8, 4) is 67.1 Å². The van der Waals surface area contributed by atoms with Crippen molar-refractivity contribution in [1.29, 1.82) is 0 Å². The van der Waals surface area contributed by atoms with Crippen LogP contribution in [-0.2, 0) is 5.41 Å². The van der Waals surface area contributed by atoms with E-state index >= 15 is 0 Å². The van der Waals surface area contributed by atoms with Gasteiger partial charge < -0.3 is 9.64 Å². The highest BCUT2D eigenvalue weighted by Crippen LogP contribution is 2.63. The maximum Gasteiger partial charge on any atom is 0.135 e. The van der Waals surface area contributed by atoms with Crippen molar-refractivity contribution in [3.05, 3.63) is 247 Å². The second-order valence-corrected chi connectivity index (χ2v) is 16.3. The Morgan fingerprint density at radius 3 is 1.59 bits per heavy atom. The zero-order chi connectivity index (χ0) is 40.1. The fraction of sp³-hybridized carbons (Fsp3) is 0.0169. The SMILES string of the molecule is c1ccc(N(c2ccc3c(c2)-c2ccccc2-c2ccccc2O3)c2ccc3c(c2)C2(c4ccccc4-c4ccccc4-3)c3ccccc3-c3c2ccc2ccccc32)cc1. The highest BCUT2D eigenvalue weighted by atomic mass is 16.5. The maximum atomic E-state index is 6.73. The Bertz CT molecular complexity index is 3420. The Balaban J connectivity index is 1.12. The van der Waals surface area contributed by atoms with Gasteiger partial charge in [0.25, 0.3) is 0 Å². The molecule has 0 aromatic heterocycles. The van der Waals surface area contributed by atoms with Crippen LogP contribution >= 0.6 is 0 Å². The molecule has 2 heteroatoms. The molecule has 0 saturated carbocycles. The minimum Gasteiger partial charge on any atom is -0.456 e. The van der Waals surface area contributed by atoms with Crippen molar-refractivity contribution in [2.75, 3.05) is 4.90 Å². The lowest BCUT2D eigenvalue weighted by atomic mass is 9.65. The summed E-state index contributed by atoms with van der Waals surface area (Å²) in [5.74, 6) is 1.71. The second-order valence-electron chi connectivity index (χ2n) is 16.3. The van der Waals surface area contributed by atoms with Crippen molar-refractivity contribution in [2.24, 2.45) is 0 Å². The molecule has 10 aromatic carbocycles. The van der Waals surface area contributed by atoms with E-state index in [9.17, 15) is 0 Å². The highest BCUT2D eigenvalue weighted by Gasteiger charge is 2.50. The Morgan fingerprint density at radius 2 is 0.820 bits per heavy atom. The molecule has 284 valence electrons. The van der Waals surface area contributed by atoms with Gasteiger partial charge in [-0.2, -0.15) is 0 Å². The number of rotatable bonds is 3. The summed E-state index contributed by atoms with van der Waals surface area (Å²) in [6, 6.07) is 82.5. The van der Waals surface area contributed by atoms with Gasteiger partial charge in [0.15, 0.2) is 0 Å². The summed E-state index contributed by atoms with van der Waals surface area (Å²) in [5, 5.41) is 2.53. The number of para-hydroxylation sites is 2. The number of nitrogens with zero attached hydrogens (tertiary/aromatic N) is 1. The van der Waals surface area contributed by atoms with E-state index in [-0.39, 0.29) is 0 Å². The fourth-order valence-electron chi connectivity index (χ4n) is 10.8. The molecule has 1 atom stereocenters. The van der Waals surface area contributed by atoms with E-state index < -0.39 is 5.41 Å². The van der Waals surface area contributed by atoms with Gasteiger partial charge in [-0.3, -0.25) is 0 Å². The molecule has 0 saturated heterocycles. The van der Waals surface area contributed by atoms with Crippen molar-refractivity contribution in [3.63, 3.8) is 0 Å². The minimum atomic E-state index is -0.619. The van der Waals surface area contributed by atoms with Crippen LogP contribution in [0.15, 0.2) is 224 Å². The Labute approximate surface area is 355 Å². The van der Waals surface area contributed by atoms with E-state index in [0.717, 1.165) is 50.8 Å². The molecule has 1 unspecified atom stereocenters. The number of ether oxygens (including phenoxy) is 1. The van der Waals surface area contributed by atoms with Gasteiger partial charge in [-0.25, -0.2) is 0 Å². The molecule has 1 spiro atoms. The van der Waals surface area contributed by atoms with Gasteiger partial charge in [0, 0.05) is 28.2 Å². The molecular weight excluding hydrogens is 739 g/mol. The van der Waals surface area contributed by atoms with Gasteiger partial charge in [0.05, 0.1) is 5.41 Å². The molecule has 10 aromatic rings. The summed E-state index contributed by atoms with van der Waals surface area (Å²) in [6.45, 7) is 0. The largest absolute Gasteiger partial charge is 0.456 e. The van der Waals surface area contributed by atoms with Crippen molar-refractivity contribution < 1.29 is 4.74 Å². The number of hydrogen-bond acceptors (Lipinski definition) is 2. The van der Waals surface area contributed by atoms with Crippen LogP contribution in [0.1, 0.15) is 22.3 Å². The van der Waals surface area contributed by atoms with E-state index in [1.807, 2.05) is 6.07 Å². The molecule has 1 aliphatic heterocycles. The van der Waals surface area contributed by atoms with Crippen LogP contribution in [0.3, 0.4) is 0 Å². The molecule has 0 bridgehead atoms. The number of hydrogen-bond donors (Lipinski definition) is 0. The predicted octanol–water partition coefficient (Wildman–Crippen LogP) is 15.8. The lowest BCUT2D eigenvalue weighted by Gasteiger charge is -2.36. The molecule has 2 nitrogen and oxygen atoms in total. The number of fused-ring (bicyclic) bond motifs is 19.